The number of ether oxygens (including phenoxy) is 1. The van der Waals surface area contributed by atoms with Gasteiger partial charge in [-0.1, -0.05) is 0 Å². The van der Waals surface area contributed by atoms with Crippen molar-refractivity contribution < 1.29 is 14.5 Å². The van der Waals surface area contributed by atoms with E-state index in [-0.39, 0.29) is 16.9 Å². The van der Waals surface area contributed by atoms with E-state index in [1.807, 2.05) is 6.07 Å². The molecule has 2 aromatic rings. The molecule has 0 bridgehead atoms. The highest BCUT2D eigenvalue weighted by molar-refractivity contribution is 6.06. The third-order valence-corrected chi connectivity index (χ3v) is 2.71. The summed E-state index contributed by atoms with van der Waals surface area (Å²) in [5.41, 5.74) is -0.705. The van der Waals surface area contributed by atoms with Crippen LogP contribution >= 0.6 is 0 Å². The lowest BCUT2D eigenvalue weighted by molar-refractivity contribution is -0.384. The van der Waals surface area contributed by atoms with Crippen LogP contribution < -0.4 is 0 Å². The Kier molecular flexibility index (Phi) is 3.39. The van der Waals surface area contributed by atoms with Crippen LogP contribution in [-0.2, 0) is 4.74 Å². The second kappa shape index (κ2) is 4.90. The largest absolute Gasteiger partial charge is 0.455 e. The van der Waals surface area contributed by atoms with Crippen LogP contribution in [0.15, 0.2) is 18.3 Å². The van der Waals surface area contributed by atoms with E-state index in [9.17, 15) is 14.9 Å². The maximum absolute atomic E-state index is 12.1. The monoisotopic (exact) mass is 287 g/mol. The predicted octanol–water partition coefficient (Wildman–Crippen LogP) is 2.90. The molecule has 7 nitrogen and oxygen atoms in total. The van der Waals surface area contributed by atoms with Gasteiger partial charge < -0.3 is 9.72 Å². The zero-order chi connectivity index (χ0) is 15.8. The van der Waals surface area contributed by atoms with E-state index in [4.69, 9.17) is 10.00 Å². The molecule has 0 aliphatic carbocycles. The second-order valence-corrected chi connectivity index (χ2v) is 5.49. The molecule has 1 aromatic carbocycles. The third-order valence-electron chi connectivity index (χ3n) is 2.71. The Bertz CT molecular complexity index is 778. The van der Waals surface area contributed by atoms with Gasteiger partial charge in [0.2, 0.25) is 0 Å². The molecular formula is C14H13N3O4. The molecule has 1 aromatic heterocycles. The van der Waals surface area contributed by atoms with Gasteiger partial charge in [-0.05, 0) is 20.8 Å². The zero-order valence-electron chi connectivity index (χ0n) is 11.8. The lowest BCUT2D eigenvalue weighted by Gasteiger charge is -2.19. The maximum Gasteiger partial charge on any atom is 0.355 e. The van der Waals surface area contributed by atoms with Crippen molar-refractivity contribution in [3.05, 3.63) is 39.7 Å². The summed E-state index contributed by atoms with van der Waals surface area (Å²) in [7, 11) is 0. The predicted molar refractivity (Wildman–Crippen MR) is 74.8 cm³/mol. The van der Waals surface area contributed by atoms with Gasteiger partial charge in [0.1, 0.15) is 17.4 Å². The first-order valence-electron chi connectivity index (χ1n) is 6.16. The number of carbonyl (C=O) groups excluding carboxylic acids is 1. The van der Waals surface area contributed by atoms with E-state index < -0.39 is 16.5 Å². The fourth-order valence-corrected chi connectivity index (χ4v) is 1.95. The molecule has 0 atom stereocenters. The van der Waals surface area contributed by atoms with Crippen molar-refractivity contribution in [2.45, 2.75) is 26.4 Å². The Morgan fingerprint density at radius 3 is 2.62 bits per heavy atom. The van der Waals surface area contributed by atoms with E-state index in [2.05, 4.69) is 4.98 Å². The molecule has 0 saturated carbocycles. The summed E-state index contributed by atoms with van der Waals surface area (Å²) >= 11 is 0. The summed E-state index contributed by atoms with van der Waals surface area (Å²) < 4.78 is 5.25. The number of nitrogens with zero attached hydrogens (tertiary/aromatic N) is 2. The van der Waals surface area contributed by atoms with Crippen molar-refractivity contribution in [3.8, 4) is 6.07 Å². The van der Waals surface area contributed by atoms with Crippen LogP contribution in [0.25, 0.3) is 10.8 Å². The average molecular weight is 287 g/mol. The van der Waals surface area contributed by atoms with Crippen molar-refractivity contribution in [1.29, 1.82) is 5.26 Å². The number of hydrogen-bond donors (Lipinski definition) is 1. The standard InChI is InChI=1S/C14H13N3O4/c1-14(2,3)21-13(18)12-11-8(6-15)4-10(17(19)20)5-9(11)7-16-12/h4-5,7,16H,1-3H3. The van der Waals surface area contributed by atoms with Crippen LogP contribution in [0.2, 0.25) is 0 Å². The quantitative estimate of drug-likeness (QED) is 0.519. The third kappa shape index (κ3) is 2.84. The smallest absolute Gasteiger partial charge is 0.355 e. The Morgan fingerprint density at radius 1 is 1.43 bits per heavy atom. The highest BCUT2D eigenvalue weighted by Gasteiger charge is 2.24. The van der Waals surface area contributed by atoms with Crippen LogP contribution in [0.5, 0.6) is 0 Å². The number of hydrogen-bond acceptors (Lipinski definition) is 5. The number of rotatable bonds is 2. The summed E-state index contributed by atoms with van der Waals surface area (Å²) in [5, 5.41) is 20.7. The average Bonchev–Trinajstić information content (AvgIpc) is 2.79. The number of aromatic nitrogens is 1. The Hall–Kier alpha value is -2.88. The summed E-state index contributed by atoms with van der Waals surface area (Å²) in [6.07, 6.45) is 1.45. The van der Waals surface area contributed by atoms with Crippen LogP contribution in [0.3, 0.4) is 0 Å². The molecule has 0 aliphatic heterocycles. The number of nitrogens with one attached hydrogen (secondary N) is 1. The van der Waals surface area contributed by atoms with E-state index in [1.165, 1.54) is 12.3 Å². The molecule has 0 fully saturated rings. The minimum atomic E-state index is -0.678. The first-order valence-corrected chi connectivity index (χ1v) is 6.16. The molecule has 0 saturated heterocycles. The summed E-state index contributed by atoms with van der Waals surface area (Å²) in [4.78, 5) is 25.1. The van der Waals surface area contributed by atoms with Crippen LogP contribution in [0.1, 0.15) is 36.8 Å². The number of nitro groups is 1. The van der Waals surface area contributed by atoms with Crippen molar-refractivity contribution in [2.24, 2.45) is 0 Å². The number of nitriles is 1. The van der Waals surface area contributed by atoms with Gasteiger partial charge in [-0.2, -0.15) is 5.26 Å². The number of carbonyl (C=O) groups is 1. The molecule has 21 heavy (non-hydrogen) atoms. The number of esters is 1. The first kappa shape index (κ1) is 14.5. The van der Waals surface area contributed by atoms with Crippen molar-refractivity contribution in [1.82, 2.24) is 4.98 Å². The number of nitro benzene ring substituents is 1. The second-order valence-electron chi connectivity index (χ2n) is 5.49. The highest BCUT2D eigenvalue weighted by atomic mass is 16.6. The van der Waals surface area contributed by atoms with Gasteiger partial charge in [-0.15, -0.1) is 0 Å². The van der Waals surface area contributed by atoms with Gasteiger partial charge in [0.05, 0.1) is 10.5 Å². The number of non-ortho nitro benzene ring substituents is 1. The van der Waals surface area contributed by atoms with E-state index in [1.54, 1.807) is 20.8 Å². The molecule has 7 heteroatoms. The molecule has 0 unspecified atom stereocenters. The van der Waals surface area contributed by atoms with Gasteiger partial charge in [-0.25, -0.2) is 4.79 Å². The topological polar surface area (TPSA) is 109 Å². The zero-order valence-corrected chi connectivity index (χ0v) is 11.8. The highest BCUT2D eigenvalue weighted by Crippen LogP contribution is 2.28. The summed E-state index contributed by atoms with van der Waals surface area (Å²) in [6, 6.07) is 4.33. The van der Waals surface area contributed by atoms with E-state index in [0.717, 1.165) is 6.07 Å². The maximum atomic E-state index is 12.1. The Morgan fingerprint density at radius 2 is 2.10 bits per heavy atom. The Balaban J connectivity index is 2.61. The van der Waals surface area contributed by atoms with Gasteiger partial charge in [0.15, 0.2) is 0 Å². The molecule has 0 radical (unpaired) electrons. The number of H-pyrrole nitrogens is 1. The molecule has 2 rings (SSSR count). The van der Waals surface area contributed by atoms with Gasteiger partial charge >= 0.3 is 5.97 Å². The normalized spacial score (nSPS) is 11.1. The fraction of sp³-hybridized carbons (Fsp3) is 0.286. The number of aromatic amines is 1. The molecular weight excluding hydrogens is 274 g/mol. The number of benzene rings is 1. The van der Waals surface area contributed by atoms with Gasteiger partial charge in [-0.3, -0.25) is 10.1 Å². The van der Waals surface area contributed by atoms with E-state index >= 15 is 0 Å². The van der Waals surface area contributed by atoms with E-state index in [0.29, 0.717) is 10.8 Å². The molecule has 0 aliphatic rings. The van der Waals surface area contributed by atoms with Gasteiger partial charge in [0.25, 0.3) is 5.69 Å². The minimum absolute atomic E-state index is 0.0568. The van der Waals surface area contributed by atoms with Crippen molar-refractivity contribution in [3.63, 3.8) is 0 Å². The minimum Gasteiger partial charge on any atom is -0.455 e. The van der Waals surface area contributed by atoms with Crippen molar-refractivity contribution >= 4 is 22.4 Å². The summed E-state index contributed by atoms with van der Waals surface area (Å²) in [6.45, 7) is 5.18. The lowest BCUT2D eigenvalue weighted by atomic mass is 10.1. The molecule has 1 heterocycles. The molecule has 108 valence electrons. The van der Waals surface area contributed by atoms with Crippen LogP contribution in [0, 0.1) is 21.4 Å². The lowest BCUT2D eigenvalue weighted by Crippen LogP contribution is -2.24. The van der Waals surface area contributed by atoms with Crippen molar-refractivity contribution in [2.75, 3.05) is 0 Å². The molecule has 1 N–H and O–H groups in total. The SMILES string of the molecule is CC(C)(C)OC(=O)c1[nH]cc2cc([N+](=O)[O-])cc(C#N)c12. The fourth-order valence-electron chi connectivity index (χ4n) is 1.95. The number of fused-ring (bicyclic) bond motifs is 1. The van der Waals surface area contributed by atoms with Crippen LogP contribution in [0.4, 0.5) is 5.69 Å². The van der Waals surface area contributed by atoms with Gasteiger partial charge in [0, 0.05) is 29.1 Å². The Labute approximate surface area is 120 Å². The molecule has 0 spiro atoms. The molecule has 0 amide bonds. The summed E-state index contributed by atoms with van der Waals surface area (Å²) in [5.74, 6) is -0.608. The van der Waals surface area contributed by atoms with Crippen LogP contribution in [-0.4, -0.2) is 21.5 Å². The first-order chi connectivity index (χ1) is 9.73.